The van der Waals surface area contributed by atoms with Gasteiger partial charge in [-0.15, -0.1) is 0 Å². The molecule has 0 aliphatic rings. The molecule has 0 aliphatic carbocycles. The molecule has 2 heteroatoms. The van der Waals surface area contributed by atoms with E-state index in [1.165, 1.54) is 12.8 Å². The highest BCUT2D eigenvalue weighted by Crippen LogP contribution is 2.25. The Morgan fingerprint density at radius 3 is 2.00 bits per heavy atom. The third kappa shape index (κ3) is 5.41. The molecule has 1 amide bonds. The zero-order valence-electron chi connectivity index (χ0n) is 13.3. The lowest BCUT2D eigenvalue weighted by Crippen LogP contribution is -2.49. The van der Waals surface area contributed by atoms with E-state index in [9.17, 15) is 4.79 Å². The van der Waals surface area contributed by atoms with Crippen LogP contribution in [0, 0.1) is 11.8 Å². The second-order valence-electron chi connectivity index (χ2n) is 5.84. The monoisotopic (exact) mass is 255 g/mol. The van der Waals surface area contributed by atoms with Crippen molar-refractivity contribution in [2.75, 3.05) is 0 Å². The van der Waals surface area contributed by atoms with Gasteiger partial charge < -0.3 is 5.32 Å². The minimum atomic E-state index is 0.0178. The van der Waals surface area contributed by atoms with Crippen LogP contribution in [0.4, 0.5) is 0 Å². The lowest BCUT2D eigenvalue weighted by molar-refractivity contribution is -0.126. The van der Waals surface area contributed by atoms with Crippen molar-refractivity contribution in [3.05, 3.63) is 0 Å². The second kappa shape index (κ2) is 8.55. The van der Waals surface area contributed by atoms with Crippen LogP contribution in [-0.2, 0) is 4.79 Å². The van der Waals surface area contributed by atoms with Crippen LogP contribution in [0.1, 0.15) is 80.1 Å². The molecule has 0 aromatic heterocycles. The van der Waals surface area contributed by atoms with Crippen molar-refractivity contribution in [2.24, 2.45) is 11.8 Å². The van der Waals surface area contributed by atoms with Gasteiger partial charge in [0.15, 0.2) is 0 Å². The molecule has 2 nitrogen and oxygen atoms in total. The molecule has 0 aromatic carbocycles. The minimum Gasteiger partial charge on any atom is -0.350 e. The van der Waals surface area contributed by atoms with Gasteiger partial charge in [-0.25, -0.2) is 0 Å². The molecule has 0 fully saturated rings. The molecule has 0 saturated carbocycles. The Balaban J connectivity index is 4.55. The third-order valence-corrected chi connectivity index (χ3v) is 4.61. The predicted octanol–water partition coefficient (Wildman–Crippen LogP) is 4.53. The number of hydrogen-bond donors (Lipinski definition) is 1. The van der Waals surface area contributed by atoms with Crippen LogP contribution >= 0.6 is 0 Å². The van der Waals surface area contributed by atoms with Crippen molar-refractivity contribution in [3.63, 3.8) is 0 Å². The Morgan fingerprint density at radius 1 is 1.06 bits per heavy atom. The molecule has 108 valence electrons. The zero-order chi connectivity index (χ0) is 14.2. The maximum absolute atomic E-state index is 12.1. The summed E-state index contributed by atoms with van der Waals surface area (Å²) >= 11 is 0. The number of hydrogen-bond acceptors (Lipinski definition) is 1. The van der Waals surface area contributed by atoms with Gasteiger partial charge in [0.1, 0.15) is 0 Å². The molecule has 1 unspecified atom stereocenters. The van der Waals surface area contributed by atoms with E-state index in [1.807, 2.05) is 6.92 Å². The smallest absolute Gasteiger partial charge is 0.223 e. The Morgan fingerprint density at radius 2 is 1.61 bits per heavy atom. The van der Waals surface area contributed by atoms with E-state index in [1.54, 1.807) is 0 Å². The van der Waals surface area contributed by atoms with Crippen LogP contribution in [0.25, 0.3) is 0 Å². The van der Waals surface area contributed by atoms with Crippen LogP contribution in [0.5, 0.6) is 0 Å². The van der Waals surface area contributed by atoms with Crippen LogP contribution in [0.15, 0.2) is 0 Å². The largest absolute Gasteiger partial charge is 0.350 e. The summed E-state index contributed by atoms with van der Waals surface area (Å²) in [6.45, 7) is 13.0. The Labute approximate surface area is 114 Å². The second-order valence-corrected chi connectivity index (χ2v) is 5.84. The van der Waals surface area contributed by atoms with Crippen molar-refractivity contribution < 1.29 is 4.79 Å². The first-order valence-corrected chi connectivity index (χ1v) is 7.76. The zero-order valence-corrected chi connectivity index (χ0v) is 13.3. The summed E-state index contributed by atoms with van der Waals surface area (Å²) in [6.07, 6.45) is 6.52. The maximum atomic E-state index is 12.1. The number of nitrogens with one attached hydrogen (secondary N) is 1. The van der Waals surface area contributed by atoms with Crippen molar-refractivity contribution in [1.82, 2.24) is 5.32 Å². The molecular weight excluding hydrogens is 222 g/mol. The maximum Gasteiger partial charge on any atom is 0.223 e. The number of carbonyl (C=O) groups is 1. The summed E-state index contributed by atoms with van der Waals surface area (Å²) in [4.78, 5) is 12.1. The lowest BCUT2D eigenvalue weighted by atomic mass is 9.84. The molecule has 0 bridgehead atoms. The van der Waals surface area contributed by atoms with E-state index >= 15 is 0 Å². The third-order valence-electron chi connectivity index (χ3n) is 4.61. The fourth-order valence-electron chi connectivity index (χ4n) is 2.14. The number of amides is 1. The van der Waals surface area contributed by atoms with Crippen molar-refractivity contribution in [1.29, 1.82) is 0 Å². The fraction of sp³-hybridized carbons (Fsp3) is 0.938. The summed E-state index contributed by atoms with van der Waals surface area (Å²) in [6, 6.07) is 0. The van der Waals surface area contributed by atoms with Gasteiger partial charge in [-0.1, -0.05) is 48.0 Å². The van der Waals surface area contributed by atoms with E-state index in [0.717, 1.165) is 31.6 Å². The van der Waals surface area contributed by atoms with Gasteiger partial charge in [-0.05, 0) is 38.0 Å². The first-order chi connectivity index (χ1) is 8.44. The van der Waals surface area contributed by atoms with Crippen molar-refractivity contribution in [3.8, 4) is 0 Å². The SMILES string of the molecule is CCC(C)C(=O)NC(CC)(CC)CC[C@H](C)CC. The van der Waals surface area contributed by atoms with Gasteiger partial charge >= 0.3 is 0 Å². The minimum absolute atomic E-state index is 0.0178. The molecule has 1 N–H and O–H groups in total. The quantitative estimate of drug-likeness (QED) is 0.644. The Kier molecular flexibility index (Phi) is 8.30. The number of rotatable bonds is 9. The molecular formula is C16H33NO. The van der Waals surface area contributed by atoms with Crippen LogP contribution in [0.2, 0.25) is 0 Å². The Bertz CT molecular complexity index is 233. The molecule has 0 spiro atoms. The first-order valence-electron chi connectivity index (χ1n) is 7.76. The highest BCUT2D eigenvalue weighted by atomic mass is 16.2. The topological polar surface area (TPSA) is 29.1 Å². The molecule has 0 rings (SSSR count). The van der Waals surface area contributed by atoms with E-state index in [0.29, 0.717) is 0 Å². The van der Waals surface area contributed by atoms with E-state index in [2.05, 4.69) is 39.9 Å². The Hall–Kier alpha value is -0.530. The molecule has 0 aliphatic heterocycles. The summed E-state index contributed by atoms with van der Waals surface area (Å²) in [5, 5.41) is 3.32. The summed E-state index contributed by atoms with van der Waals surface area (Å²) in [5.74, 6) is 1.11. The normalized spacial score (nSPS) is 15.2. The van der Waals surface area contributed by atoms with Crippen molar-refractivity contribution >= 4 is 5.91 Å². The van der Waals surface area contributed by atoms with E-state index in [-0.39, 0.29) is 17.4 Å². The highest BCUT2D eigenvalue weighted by Gasteiger charge is 2.29. The van der Waals surface area contributed by atoms with Crippen LogP contribution < -0.4 is 5.32 Å². The average molecular weight is 255 g/mol. The molecule has 2 atom stereocenters. The van der Waals surface area contributed by atoms with Gasteiger partial charge in [-0.2, -0.15) is 0 Å². The van der Waals surface area contributed by atoms with Gasteiger partial charge in [0.05, 0.1) is 0 Å². The molecule has 0 heterocycles. The molecule has 0 saturated heterocycles. The van der Waals surface area contributed by atoms with E-state index < -0.39 is 0 Å². The fourth-order valence-corrected chi connectivity index (χ4v) is 2.14. The van der Waals surface area contributed by atoms with Crippen LogP contribution in [-0.4, -0.2) is 11.4 Å². The van der Waals surface area contributed by atoms with Gasteiger partial charge in [0, 0.05) is 11.5 Å². The number of carbonyl (C=O) groups excluding carboxylic acids is 1. The van der Waals surface area contributed by atoms with Gasteiger partial charge in [-0.3, -0.25) is 4.79 Å². The summed E-state index contributed by atoms with van der Waals surface area (Å²) in [7, 11) is 0. The predicted molar refractivity (Wildman–Crippen MR) is 79.6 cm³/mol. The molecule has 0 aromatic rings. The molecule has 18 heavy (non-hydrogen) atoms. The van der Waals surface area contributed by atoms with Gasteiger partial charge in [0.25, 0.3) is 0 Å². The van der Waals surface area contributed by atoms with E-state index in [4.69, 9.17) is 0 Å². The van der Waals surface area contributed by atoms with Crippen molar-refractivity contribution in [2.45, 2.75) is 85.6 Å². The summed E-state index contributed by atoms with van der Waals surface area (Å²) in [5.41, 5.74) is 0.0178. The average Bonchev–Trinajstić information content (AvgIpc) is 2.41. The first kappa shape index (κ1) is 17.5. The summed E-state index contributed by atoms with van der Waals surface area (Å²) < 4.78 is 0. The standard InChI is InChI=1S/C16H33NO/c1-7-13(5)11-12-16(9-3,10-4)17-15(18)14(6)8-2/h13-14H,7-12H2,1-6H3,(H,17,18)/t13-,14?/m1/s1. The highest BCUT2D eigenvalue weighted by molar-refractivity contribution is 5.79. The van der Waals surface area contributed by atoms with Crippen LogP contribution in [0.3, 0.4) is 0 Å². The lowest BCUT2D eigenvalue weighted by Gasteiger charge is -2.35. The molecule has 0 radical (unpaired) electrons. The van der Waals surface area contributed by atoms with Gasteiger partial charge in [0.2, 0.25) is 5.91 Å².